The Morgan fingerprint density at radius 3 is 2.75 bits per heavy atom. The van der Waals surface area contributed by atoms with Gasteiger partial charge in [-0.1, -0.05) is 6.42 Å². The number of guanidine groups is 1. The number of nitrogens with one attached hydrogen (secondary N) is 3. The third-order valence-electron chi connectivity index (χ3n) is 3.75. The van der Waals surface area contributed by atoms with Crippen LogP contribution in [0.2, 0.25) is 0 Å². The summed E-state index contributed by atoms with van der Waals surface area (Å²) in [6, 6.07) is -1.46. The van der Waals surface area contributed by atoms with Crippen molar-refractivity contribution in [2.75, 3.05) is 27.2 Å². The van der Waals surface area contributed by atoms with E-state index in [1.54, 1.807) is 7.05 Å². The van der Waals surface area contributed by atoms with Crippen LogP contribution in [0.15, 0.2) is 4.99 Å². The second-order valence-electron chi connectivity index (χ2n) is 5.65. The van der Waals surface area contributed by atoms with Crippen molar-refractivity contribution in [1.29, 1.82) is 0 Å². The highest BCUT2D eigenvalue weighted by molar-refractivity contribution is 6.07. The summed E-state index contributed by atoms with van der Waals surface area (Å²) in [5.74, 6) is -0.549. The lowest BCUT2D eigenvalue weighted by molar-refractivity contribution is -0.138. The fourth-order valence-corrected chi connectivity index (χ4v) is 2.23. The van der Waals surface area contributed by atoms with Gasteiger partial charge in [-0.25, -0.2) is 9.79 Å². The molecule has 0 spiro atoms. The maximum absolute atomic E-state index is 12.2. The summed E-state index contributed by atoms with van der Waals surface area (Å²) in [6.45, 7) is 0.684. The van der Waals surface area contributed by atoms with Gasteiger partial charge >= 0.3 is 6.03 Å². The Kier molecular flexibility index (Phi) is 8.13. The minimum atomic E-state index is -0.719. The van der Waals surface area contributed by atoms with Gasteiger partial charge in [0.15, 0.2) is 0 Å². The quantitative estimate of drug-likeness (QED) is 0.341. The molecule has 0 aromatic rings. The van der Waals surface area contributed by atoms with Crippen LogP contribution in [0.5, 0.6) is 0 Å². The van der Waals surface area contributed by atoms with E-state index < -0.39 is 18.0 Å². The molecule has 4 amide bonds. The van der Waals surface area contributed by atoms with Crippen LogP contribution in [-0.4, -0.2) is 68.0 Å². The fraction of sp³-hybridized carbons (Fsp3) is 0.714. The van der Waals surface area contributed by atoms with Crippen molar-refractivity contribution in [2.24, 2.45) is 16.5 Å². The first kappa shape index (κ1) is 19.8. The van der Waals surface area contributed by atoms with Crippen LogP contribution < -0.4 is 27.4 Å². The number of rotatable bonds is 7. The van der Waals surface area contributed by atoms with Crippen molar-refractivity contribution in [2.45, 2.75) is 37.8 Å². The average molecular weight is 341 g/mol. The molecule has 1 rings (SSSR count). The van der Waals surface area contributed by atoms with Crippen molar-refractivity contribution >= 4 is 23.8 Å². The zero-order chi connectivity index (χ0) is 18.1. The number of amides is 4. The maximum Gasteiger partial charge on any atom is 0.321 e. The van der Waals surface area contributed by atoms with Gasteiger partial charge in [0.05, 0.1) is 6.54 Å². The van der Waals surface area contributed by atoms with Crippen LogP contribution in [0, 0.1) is 0 Å². The number of hydrogen-bond acceptors (Lipinski definition) is 6. The normalized spacial score (nSPS) is 18.2. The number of carbonyl (C=O) groups excluding carboxylic acids is 3. The average Bonchev–Trinajstić information content (AvgIpc) is 2.54. The second kappa shape index (κ2) is 9.83. The number of likely N-dealkylation sites (N-methyl/N-ethyl adjacent to an activating group) is 1. The summed E-state index contributed by atoms with van der Waals surface area (Å²) in [7, 11) is 3.00. The molecule has 0 aromatic heterocycles. The van der Waals surface area contributed by atoms with Crippen molar-refractivity contribution in [3.05, 3.63) is 0 Å². The first-order chi connectivity index (χ1) is 11.4. The molecule has 0 saturated carbocycles. The monoisotopic (exact) mass is 341 g/mol. The molecule has 1 heterocycles. The van der Waals surface area contributed by atoms with E-state index in [4.69, 9.17) is 11.5 Å². The first-order valence-electron chi connectivity index (χ1n) is 7.94. The van der Waals surface area contributed by atoms with Gasteiger partial charge in [-0.05, 0) is 19.4 Å². The van der Waals surface area contributed by atoms with Gasteiger partial charge in [0.25, 0.3) is 5.91 Å². The zero-order valence-electron chi connectivity index (χ0n) is 14.2. The third kappa shape index (κ3) is 6.13. The van der Waals surface area contributed by atoms with E-state index in [0.29, 0.717) is 13.0 Å². The predicted octanol–water partition coefficient (Wildman–Crippen LogP) is -1.93. The number of hydrogen-bond donors (Lipinski definition) is 5. The van der Waals surface area contributed by atoms with Crippen LogP contribution in [0.25, 0.3) is 0 Å². The summed E-state index contributed by atoms with van der Waals surface area (Å²) in [5, 5.41) is 7.20. The Morgan fingerprint density at radius 2 is 2.17 bits per heavy atom. The Labute approximate surface area is 141 Å². The number of aliphatic imine (C=N–C) groups is 1. The highest BCUT2D eigenvalue weighted by Crippen LogP contribution is 2.08. The van der Waals surface area contributed by atoms with Gasteiger partial charge in [0, 0.05) is 26.6 Å². The molecule has 24 heavy (non-hydrogen) atoms. The van der Waals surface area contributed by atoms with E-state index in [2.05, 4.69) is 20.9 Å². The minimum Gasteiger partial charge on any atom is -0.341 e. The molecular weight excluding hydrogens is 314 g/mol. The van der Waals surface area contributed by atoms with Crippen molar-refractivity contribution in [3.63, 3.8) is 0 Å². The topological polar surface area (TPSA) is 155 Å². The van der Waals surface area contributed by atoms with Crippen LogP contribution in [0.3, 0.4) is 0 Å². The predicted molar refractivity (Wildman–Crippen MR) is 90.1 cm³/mol. The lowest BCUT2D eigenvalue weighted by Gasteiger charge is -2.30. The van der Waals surface area contributed by atoms with Gasteiger partial charge in [-0.2, -0.15) is 0 Å². The lowest BCUT2D eigenvalue weighted by atomic mass is 10.1. The molecule has 0 aromatic carbocycles. The van der Waals surface area contributed by atoms with E-state index >= 15 is 0 Å². The molecule has 2 atom stereocenters. The summed E-state index contributed by atoms with van der Waals surface area (Å²) >= 11 is 0. The molecule has 7 N–H and O–H groups in total. The highest BCUT2D eigenvalue weighted by atomic mass is 16.2. The molecule has 1 unspecified atom stereocenters. The molecular formula is C14H27N7O3. The molecule has 1 aliphatic rings. The van der Waals surface area contributed by atoms with E-state index in [9.17, 15) is 14.4 Å². The number of urea groups is 1. The fourth-order valence-electron chi connectivity index (χ4n) is 2.23. The molecule has 0 bridgehead atoms. The number of unbranched alkanes of at least 4 members (excludes halogenated alkanes) is 1. The van der Waals surface area contributed by atoms with Gasteiger partial charge < -0.3 is 21.7 Å². The van der Waals surface area contributed by atoms with Gasteiger partial charge in [0.2, 0.25) is 11.9 Å². The van der Waals surface area contributed by atoms with Crippen molar-refractivity contribution < 1.29 is 14.4 Å². The molecule has 0 saturated heterocycles. The third-order valence-corrected chi connectivity index (χ3v) is 3.75. The Balaban J connectivity index is 2.52. The Bertz CT molecular complexity index is 495. The first-order valence-corrected chi connectivity index (χ1v) is 7.94. The molecule has 0 fully saturated rings. The Hall–Kier alpha value is -2.20. The van der Waals surface area contributed by atoms with Crippen LogP contribution >= 0.6 is 0 Å². The SMILES string of the molecule is CNC(=O)NC1=NCC(N(C)C(=O)C[C@@H](N)CCCCN)C(=O)N1. The van der Waals surface area contributed by atoms with Crippen LogP contribution in [-0.2, 0) is 9.59 Å². The molecule has 10 heteroatoms. The van der Waals surface area contributed by atoms with E-state index in [-0.39, 0.29) is 30.9 Å². The number of nitrogens with two attached hydrogens (primary N) is 2. The number of carbonyl (C=O) groups is 3. The number of nitrogens with zero attached hydrogens (tertiary/aromatic N) is 2. The summed E-state index contributed by atoms with van der Waals surface area (Å²) in [6.07, 6.45) is 2.62. The van der Waals surface area contributed by atoms with E-state index in [0.717, 1.165) is 12.8 Å². The maximum atomic E-state index is 12.2. The van der Waals surface area contributed by atoms with Gasteiger partial charge in [-0.15, -0.1) is 0 Å². The van der Waals surface area contributed by atoms with E-state index in [1.807, 2.05) is 0 Å². The Morgan fingerprint density at radius 1 is 1.46 bits per heavy atom. The van der Waals surface area contributed by atoms with E-state index in [1.165, 1.54) is 11.9 Å². The minimum absolute atomic E-state index is 0.0648. The summed E-state index contributed by atoms with van der Waals surface area (Å²) < 4.78 is 0. The van der Waals surface area contributed by atoms with Gasteiger partial charge in [0.1, 0.15) is 6.04 Å². The second-order valence-corrected chi connectivity index (χ2v) is 5.65. The van der Waals surface area contributed by atoms with Crippen LogP contribution in [0.4, 0.5) is 4.79 Å². The van der Waals surface area contributed by atoms with Crippen molar-refractivity contribution in [3.8, 4) is 0 Å². The van der Waals surface area contributed by atoms with Crippen LogP contribution in [0.1, 0.15) is 25.7 Å². The standard InChI is InChI=1S/C14H27N7O3/c1-17-14(24)20-13-18-8-10(12(23)19-13)21(2)11(22)7-9(16)5-3-4-6-15/h9-10H,3-8,15-16H2,1-2H3,(H3,17,18,19,20,23,24)/t9-,10?/m0/s1. The van der Waals surface area contributed by atoms with Gasteiger partial charge in [-0.3, -0.25) is 20.2 Å². The molecule has 0 aliphatic carbocycles. The summed E-state index contributed by atoms with van der Waals surface area (Å²) in [5.41, 5.74) is 11.4. The largest absolute Gasteiger partial charge is 0.341 e. The molecule has 0 radical (unpaired) electrons. The summed E-state index contributed by atoms with van der Waals surface area (Å²) in [4.78, 5) is 41.0. The molecule has 1 aliphatic heterocycles. The highest BCUT2D eigenvalue weighted by Gasteiger charge is 2.31. The smallest absolute Gasteiger partial charge is 0.321 e. The van der Waals surface area contributed by atoms with Crippen molar-refractivity contribution in [1.82, 2.24) is 20.9 Å². The lowest BCUT2D eigenvalue weighted by Crippen LogP contribution is -2.58. The zero-order valence-corrected chi connectivity index (χ0v) is 14.2. The molecule has 136 valence electrons. The molecule has 10 nitrogen and oxygen atoms in total.